The zero-order valence-corrected chi connectivity index (χ0v) is 21.8. The lowest BCUT2D eigenvalue weighted by atomic mass is 9.96. The highest BCUT2D eigenvalue weighted by Gasteiger charge is 2.35. The van der Waals surface area contributed by atoms with E-state index in [1.807, 2.05) is 43.3 Å². The standard InChI is InChI=1S/C22H27ClN4O3S3/c1-25(2)12-5-13-27(22-24-17-6-3-4-7-18(17)31-22)21(28)16-10-14-26(15-11-16)33(29,30)20-9-8-19(23)32-20/h3-4,6-9,16H,5,10-15H2,1-2H3. The number of benzene rings is 1. The number of halogens is 1. The first-order chi connectivity index (χ1) is 15.8. The molecule has 0 radical (unpaired) electrons. The molecule has 1 aliphatic heterocycles. The summed E-state index contributed by atoms with van der Waals surface area (Å²) in [5, 5.41) is 0.711. The van der Waals surface area contributed by atoms with Crippen LogP contribution in [0.25, 0.3) is 10.2 Å². The van der Waals surface area contributed by atoms with E-state index in [-0.39, 0.29) is 16.0 Å². The minimum Gasteiger partial charge on any atom is -0.309 e. The van der Waals surface area contributed by atoms with E-state index >= 15 is 0 Å². The largest absolute Gasteiger partial charge is 0.309 e. The Labute approximate surface area is 207 Å². The minimum absolute atomic E-state index is 0.0315. The van der Waals surface area contributed by atoms with Gasteiger partial charge in [0, 0.05) is 25.6 Å². The quantitative estimate of drug-likeness (QED) is 0.435. The fourth-order valence-electron chi connectivity index (χ4n) is 3.95. The molecule has 0 aliphatic carbocycles. The number of anilines is 1. The van der Waals surface area contributed by atoms with Gasteiger partial charge in [-0.25, -0.2) is 13.4 Å². The minimum atomic E-state index is -3.58. The number of fused-ring (bicyclic) bond motifs is 1. The van der Waals surface area contributed by atoms with Gasteiger partial charge >= 0.3 is 0 Å². The third-order valence-corrected chi connectivity index (χ3v) is 10.4. The average Bonchev–Trinajstić information content (AvgIpc) is 3.42. The molecule has 178 valence electrons. The highest BCUT2D eigenvalue weighted by molar-refractivity contribution is 7.91. The van der Waals surface area contributed by atoms with Gasteiger partial charge < -0.3 is 4.90 Å². The number of thiophene rings is 1. The van der Waals surface area contributed by atoms with Crippen molar-refractivity contribution in [3.63, 3.8) is 0 Å². The highest BCUT2D eigenvalue weighted by atomic mass is 35.5. The van der Waals surface area contributed by atoms with E-state index in [2.05, 4.69) is 4.90 Å². The molecule has 0 atom stereocenters. The van der Waals surface area contributed by atoms with Gasteiger partial charge in [0.1, 0.15) is 4.21 Å². The van der Waals surface area contributed by atoms with Crippen LogP contribution in [0.5, 0.6) is 0 Å². The molecule has 3 heterocycles. The molecule has 0 bridgehead atoms. The van der Waals surface area contributed by atoms with Gasteiger partial charge in [0.25, 0.3) is 10.0 Å². The number of rotatable bonds is 8. The summed E-state index contributed by atoms with van der Waals surface area (Å²) in [5.74, 6) is -0.196. The third kappa shape index (κ3) is 5.58. The molecule has 1 fully saturated rings. The predicted octanol–water partition coefficient (Wildman–Crippen LogP) is 4.40. The lowest BCUT2D eigenvalue weighted by molar-refractivity contribution is -0.123. The molecule has 1 aromatic carbocycles. The van der Waals surface area contributed by atoms with Crippen molar-refractivity contribution < 1.29 is 13.2 Å². The Morgan fingerprint density at radius 3 is 2.48 bits per heavy atom. The second kappa shape index (κ2) is 10.4. The first-order valence-electron chi connectivity index (χ1n) is 10.8. The molecule has 1 amide bonds. The first-order valence-corrected chi connectivity index (χ1v) is 14.3. The van der Waals surface area contributed by atoms with Crippen LogP contribution in [0, 0.1) is 5.92 Å². The number of amides is 1. The van der Waals surface area contributed by atoms with Crippen LogP contribution in [-0.4, -0.2) is 68.8 Å². The van der Waals surface area contributed by atoms with E-state index in [9.17, 15) is 13.2 Å². The lowest BCUT2D eigenvalue weighted by Crippen LogP contribution is -2.45. The van der Waals surface area contributed by atoms with Crippen molar-refractivity contribution in [3.8, 4) is 0 Å². The van der Waals surface area contributed by atoms with Crippen LogP contribution >= 0.6 is 34.3 Å². The van der Waals surface area contributed by atoms with Crippen LogP contribution < -0.4 is 4.90 Å². The maximum absolute atomic E-state index is 13.6. The average molecular weight is 527 g/mol. The Balaban J connectivity index is 1.48. The molecular formula is C22H27ClN4O3S3. The number of carbonyl (C=O) groups is 1. The van der Waals surface area contributed by atoms with E-state index in [1.54, 1.807) is 12.1 Å². The summed E-state index contributed by atoms with van der Waals surface area (Å²) >= 11 is 8.52. The molecule has 0 spiro atoms. The Morgan fingerprint density at radius 2 is 1.85 bits per heavy atom. The van der Waals surface area contributed by atoms with Crippen LogP contribution in [0.15, 0.2) is 40.6 Å². The van der Waals surface area contributed by atoms with Crippen LogP contribution in [0.1, 0.15) is 19.3 Å². The number of carbonyl (C=O) groups excluding carboxylic acids is 1. The van der Waals surface area contributed by atoms with Crippen LogP contribution in [0.3, 0.4) is 0 Å². The van der Waals surface area contributed by atoms with Crippen molar-refractivity contribution in [1.82, 2.24) is 14.2 Å². The topological polar surface area (TPSA) is 73.8 Å². The molecule has 3 aromatic rings. The zero-order chi connectivity index (χ0) is 23.6. The number of hydrogen-bond acceptors (Lipinski definition) is 7. The second-order valence-corrected chi connectivity index (χ2v) is 13.2. The summed E-state index contributed by atoms with van der Waals surface area (Å²) < 4.78 is 29.0. The molecule has 2 aromatic heterocycles. The molecule has 0 N–H and O–H groups in total. The molecule has 0 saturated carbocycles. The zero-order valence-electron chi connectivity index (χ0n) is 18.6. The number of thiazole rings is 1. The van der Waals surface area contributed by atoms with Gasteiger partial charge in [-0.15, -0.1) is 11.3 Å². The molecule has 1 saturated heterocycles. The monoisotopic (exact) mass is 526 g/mol. The maximum Gasteiger partial charge on any atom is 0.252 e. The number of aromatic nitrogens is 1. The van der Waals surface area contributed by atoms with E-state index in [0.717, 1.165) is 34.5 Å². The SMILES string of the molecule is CN(C)CCCN(C(=O)C1CCN(S(=O)(=O)c2ccc(Cl)s2)CC1)c1nc2ccccc2s1. The third-order valence-electron chi connectivity index (χ3n) is 5.71. The van der Waals surface area contributed by atoms with Crippen LogP contribution in [-0.2, 0) is 14.8 Å². The summed E-state index contributed by atoms with van der Waals surface area (Å²) in [6.45, 7) is 2.09. The highest BCUT2D eigenvalue weighted by Crippen LogP contribution is 2.33. The van der Waals surface area contributed by atoms with Gasteiger partial charge in [-0.2, -0.15) is 4.31 Å². The summed E-state index contributed by atoms with van der Waals surface area (Å²) in [7, 11) is 0.452. The Hall–Kier alpha value is -1.56. The van der Waals surface area contributed by atoms with Gasteiger partial charge in [0.2, 0.25) is 5.91 Å². The number of hydrogen-bond donors (Lipinski definition) is 0. The molecule has 1 aliphatic rings. The van der Waals surface area contributed by atoms with Gasteiger partial charge in [-0.05, 0) is 64.2 Å². The van der Waals surface area contributed by atoms with E-state index in [0.29, 0.717) is 41.9 Å². The van der Waals surface area contributed by atoms with Crippen molar-refractivity contribution in [1.29, 1.82) is 0 Å². The normalized spacial score (nSPS) is 16.0. The summed E-state index contributed by atoms with van der Waals surface area (Å²) in [5.41, 5.74) is 0.887. The Kier molecular flexibility index (Phi) is 7.72. The van der Waals surface area contributed by atoms with Crippen molar-refractivity contribution >= 4 is 65.6 Å². The van der Waals surface area contributed by atoms with Gasteiger partial charge in [0.15, 0.2) is 5.13 Å². The van der Waals surface area contributed by atoms with Crippen LogP contribution in [0.4, 0.5) is 5.13 Å². The number of piperidine rings is 1. The smallest absolute Gasteiger partial charge is 0.252 e. The van der Waals surface area contributed by atoms with E-state index in [4.69, 9.17) is 16.6 Å². The molecule has 33 heavy (non-hydrogen) atoms. The Morgan fingerprint density at radius 1 is 1.12 bits per heavy atom. The van der Waals surface area contributed by atoms with E-state index < -0.39 is 10.0 Å². The first kappa shape index (κ1) is 24.6. The lowest BCUT2D eigenvalue weighted by Gasteiger charge is -2.32. The summed E-state index contributed by atoms with van der Waals surface area (Å²) in [6.07, 6.45) is 1.82. The number of sulfonamides is 1. The van der Waals surface area contributed by atoms with Gasteiger partial charge in [-0.1, -0.05) is 35.1 Å². The second-order valence-electron chi connectivity index (χ2n) is 8.35. The fraction of sp³-hybridized carbons (Fsp3) is 0.455. The van der Waals surface area contributed by atoms with Crippen molar-refractivity contribution in [2.24, 2.45) is 5.92 Å². The van der Waals surface area contributed by atoms with Crippen molar-refractivity contribution in [2.45, 2.75) is 23.5 Å². The molecular weight excluding hydrogens is 500 g/mol. The molecule has 4 rings (SSSR count). The van der Waals surface area contributed by atoms with Gasteiger partial charge in [-0.3, -0.25) is 9.69 Å². The summed E-state index contributed by atoms with van der Waals surface area (Å²) in [4.78, 5) is 22.2. The number of para-hydroxylation sites is 1. The van der Waals surface area contributed by atoms with Crippen LogP contribution in [0.2, 0.25) is 4.34 Å². The van der Waals surface area contributed by atoms with E-state index in [1.165, 1.54) is 15.6 Å². The molecule has 11 heteroatoms. The Bertz CT molecular complexity index is 1180. The molecule has 0 unspecified atom stereocenters. The predicted molar refractivity (Wildman–Crippen MR) is 136 cm³/mol. The summed E-state index contributed by atoms with van der Waals surface area (Å²) in [6, 6.07) is 11.0. The van der Waals surface area contributed by atoms with Crippen molar-refractivity contribution in [3.05, 3.63) is 40.7 Å². The molecule has 7 nitrogen and oxygen atoms in total. The van der Waals surface area contributed by atoms with Gasteiger partial charge in [0.05, 0.1) is 14.6 Å². The maximum atomic E-state index is 13.6. The number of nitrogens with zero attached hydrogens (tertiary/aromatic N) is 4. The van der Waals surface area contributed by atoms with Crippen molar-refractivity contribution in [2.75, 3.05) is 45.2 Å². The fourth-order valence-corrected chi connectivity index (χ4v) is 8.05.